The lowest BCUT2D eigenvalue weighted by atomic mass is 9.90. The fourth-order valence-corrected chi connectivity index (χ4v) is 3.70. The quantitative estimate of drug-likeness (QED) is 0.823. The van der Waals surface area contributed by atoms with E-state index < -0.39 is 11.9 Å². The first-order valence-corrected chi connectivity index (χ1v) is 8.39. The van der Waals surface area contributed by atoms with Crippen LogP contribution in [0, 0.1) is 18.8 Å². The van der Waals surface area contributed by atoms with Gasteiger partial charge in [-0.25, -0.2) is 4.98 Å². The Morgan fingerprint density at radius 1 is 1.42 bits per heavy atom. The highest BCUT2D eigenvalue weighted by molar-refractivity contribution is 5.97. The Balaban J connectivity index is 1.91. The molecule has 2 aromatic heterocycles. The van der Waals surface area contributed by atoms with E-state index in [-0.39, 0.29) is 18.1 Å². The van der Waals surface area contributed by atoms with E-state index in [0.717, 1.165) is 12.8 Å². The van der Waals surface area contributed by atoms with Crippen molar-refractivity contribution in [3.05, 3.63) is 29.7 Å². The van der Waals surface area contributed by atoms with Gasteiger partial charge in [0.15, 0.2) is 17.2 Å². The normalized spacial score (nSPS) is 20.4. The third-order valence-corrected chi connectivity index (χ3v) is 4.78. The van der Waals surface area contributed by atoms with Crippen LogP contribution in [0.2, 0.25) is 0 Å². The predicted molar refractivity (Wildman–Crippen MR) is 88.5 cm³/mol. The van der Waals surface area contributed by atoms with Gasteiger partial charge in [0, 0.05) is 12.6 Å². The van der Waals surface area contributed by atoms with Gasteiger partial charge in [0.1, 0.15) is 5.69 Å². The molecule has 0 spiro atoms. The summed E-state index contributed by atoms with van der Waals surface area (Å²) < 4.78 is 7.33. The van der Waals surface area contributed by atoms with Crippen molar-refractivity contribution in [2.75, 3.05) is 6.61 Å². The summed E-state index contributed by atoms with van der Waals surface area (Å²) in [6.45, 7) is 4.23. The number of carbonyl (C=O) groups excluding carboxylic acids is 1. The van der Waals surface area contributed by atoms with Crippen LogP contribution in [0.25, 0.3) is 5.65 Å². The molecule has 0 radical (unpaired) electrons. The monoisotopic (exact) mass is 330 g/mol. The zero-order valence-corrected chi connectivity index (χ0v) is 14.0. The van der Waals surface area contributed by atoms with Gasteiger partial charge >= 0.3 is 5.97 Å². The highest BCUT2D eigenvalue weighted by Gasteiger charge is 2.35. The molecule has 2 unspecified atom stereocenters. The lowest BCUT2D eigenvalue weighted by molar-refractivity contribution is -0.142. The number of aromatic nitrogens is 2. The lowest BCUT2D eigenvalue weighted by Crippen LogP contribution is -2.21. The van der Waals surface area contributed by atoms with E-state index in [0.29, 0.717) is 35.8 Å². The maximum Gasteiger partial charge on any atom is 0.306 e. The molecule has 128 valence electrons. The second-order valence-corrected chi connectivity index (χ2v) is 6.31. The number of ketones is 1. The first-order chi connectivity index (χ1) is 11.5. The minimum absolute atomic E-state index is 0.0493. The molecule has 0 saturated heterocycles. The number of carbonyl (C=O) groups is 2. The van der Waals surface area contributed by atoms with Crippen LogP contribution >= 0.6 is 0 Å². The second kappa shape index (κ2) is 6.63. The summed E-state index contributed by atoms with van der Waals surface area (Å²) in [6, 6.07) is 3.66. The van der Waals surface area contributed by atoms with E-state index in [1.165, 1.54) is 0 Å². The number of carboxylic acid groups (broad SMARTS) is 1. The summed E-state index contributed by atoms with van der Waals surface area (Å²) in [5, 5.41) is 9.30. The Kier molecular flexibility index (Phi) is 4.55. The summed E-state index contributed by atoms with van der Waals surface area (Å²) >= 11 is 0. The summed E-state index contributed by atoms with van der Waals surface area (Å²) in [6.07, 6.45) is 4.38. The number of pyridine rings is 1. The van der Waals surface area contributed by atoms with Crippen molar-refractivity contribution < 1.29 is 19.4 Å². The number of fused-ring (bicyclic) bond motifs is 1. The maximum atomic E-state index is 12.8. The number of Topliss-reactive ketones (excluding diaryl/α,β-unsaturated/α-hetero) is 1. The number of aliphatic carboxylic acids is 1. The Hall–Kier alpha value is -2.37. The van der Waals surface area contributed by atoms with Crippen molar-refractivity contribution in [1.29, 1.82) is 0 Å². The number of nitrogens with zero attached hydrogens (tertiary/aromatic N) is 2. The maximum absolute atomic E-state index is 12.8. The van der Waals surface area contributed by atoms with Crippen LogP contribution in [-0.4, -0.2) is 32.9 Å². The smallest absolute Gasteiger partial charge is 0.306 e. The van der Waals surface area contributed by atoms with Gasteiger partial charge in [-0.1, -0.05) is 6.42 Å². The van der Waals surface area contributed by atoms with Gasteiger partial charge in [-0.15, -0.1) is 0 Å². The summed E-state index contributed by atoms with van der Waals surface area (Å²) in [5.41, 5.74) is 1.81. The summed E-state index contributed by atoms with van der Waals surface area (Å²) in [5.74, 6) is -0.695. The highest BCUT2D eigenvalue weighted by atomic mass is 16.5. The van der Waals surface area contributed by atoms with Crippen LogP contribution < -0.4 is 4.74 Å². The molecule has 24 heavy (non-hydrogen) atoms. The fraction of sp³-hybridized carbons (Fsp3) is 0.500. The van der Waals surface area contributed by atoms with Crippen molar-refractivity contribution in [1.82, 2.24) is 9.38 Å². The van der Waals surface area contributed by atoms with Crippen LogP contribution in [0.1, 0.15) is 48.8 Å². The molecule has 0 aliphatic heterocycles. The van der Waals surface area contributed by atoms with Crippen LogP contribution in [0.4, 0.5) is 0 Å². The van der Waals surface area contributed by atoms with Crippen LogP contribution in [0.15, 0.2) is 18.3 Å². The van der Waals surface area contributed by atoms with Gasteiger partial charge in [0.25, 0.3) is 0 Å². The predicted octanol–water partition coefficient (Wildman–Crippen LogP) is 3.12. The van der Waals surface area contributed by atoms with Gasteiger partial charge < -0.3 is 9.84 Å². The number of hydrogen-bond acceptors (Lipinski definition) is 4. The van der Waals surface area contributed by atoms with E-state index in [2.05, 4.69) is 4.98 Å². The third kappa shape index (κ3) is 2.88. The van der Waals surface area contributed by atoms with E-state index >= 15 is 0 Å². The molecule has 0 amide bonds. The number of hydrogen-bond donors (Lipinski definition) is 1. The van der Waals surface area contributed by atoms with Gasteiger partial charge in [-0.05, 0) is 44.7 Å². The molecule has 3 rings (SSSR count). The molecule has 2 atom stereocenters. The van der Waals surface area contributed by atoms with E-state index in [9.17, 15) is 14.7 Å². The zero-order chi connectivity index (χ0) is 17.3. The highest BCUT2D eigenvalue weighted by Crippen LogP contribution is 2.35. The first-order valence-electron chi connectivity index (χ1n) is 8.39. The SMILES string of the molecule is CCOc1cccn2c(C(=O)CC3CCCC3C(=O)O)c(C)nc12. The molecule has 6 heteroatoms. The van der Waals surface area contributed by atoms with Crippen molar-refractivity contribution in [3.8, 4) is 5.75 Å². The average molecular weight is 330 g/mol. The average Bonchev–Trinajstić information content (AvgIpc) is 3.11. The van der Waals surface area contributed by atoms with E-state index in [4.69, 9.17) is 4.74 Å². The molecule has 2 heterocycles. The Labute approximate surface area is 140 Å². The number of ether oxygens (including phenoxy) is 1. The number of carboxylic acids is 1. The van der Waals surface area contributed by atoms with Gasteiger partial charge in [0.2, 0.25) is 0 Å². The molecular weight excluding hydrogens is 308 g/mol. The number of aryl methyl sites for hydroxylation is 1. The zero-order valence-electron chi connectivity index (χ0n) is 14.0. The van der Waals surface area contributed by atoms with Crippen molar-refractivity contribution in [2.45, 2.75) is 39.5 Å². The second-order valence-electron chi connectivity index (χ2n) is 6.31. The van der Waals surface area contributed by atoms with Gasteiger partial charge in [0.05, 0.1) is 18.2 Å². The molecule has 2 aromatic rings. The topological polar surface area (TPSA) is 80.9 Å². The molecule has 1 saturated carbocycles. The molecule has 1 aliphatic carbocycles. The van der Waals surface area contributed by atoms with Crippen LogP contribution in [0.3, 0.4) is 0 Å². The summed E-state index contributed by atoms with van der Waals surface area (Å²) in [4.78, 5) is 28.7. The van der Waals surface area contributed by atoms with Gasteiger partial charge in [-0.2, -0.15) is 0 Å². The largest absolute Gasteiger partial charge is 0.490 e. The van der Waals surface area contributed by atoms with Crippen LogP contribution in [0.5, 0.6) is 5.75 Å². The Morgan fingerprint density at radius 3 is 2.92 bits per heavy atom. The van der Waals surface area contributed by atoms with Crippen molar-refractivity contribution in [2.24, 2.45) is 11.8 Å². The molecule has 6 nitrogen and oxygen atoms in total. The molecule has 0 bridgehead atoms. The minimum Gasteiger partial charge on any atom is -0.490 e. The summed E-state index contributed by atoms with van der Waals surface area (Å²) in [7, 11) is 0. The molecule has 0 aromatic carbocycles. The molecule has 1 N–H and O–H groups in total. The third-order valence-electron chi connectivity index (χ3n) is 4.78. The number of rotatable bonds is 6. The molecule has 1 aliphatic rings. The first kappa shape index (κ1) is 16.5. The minimum atomic E-state index is -0.793. The lowest BCUT2D eigenvalue weighted by Gasteiger charge is -2.14. The van der Waals surface area contributed by atoms with Gasteiger partial charge in [-0.3, -0.25) is 14.0 Å². The van der Waals surface area contributed by atoms with E-state index in [1.807, 2.05) is 19.1 Å². The van der Waals surface area contributed by atoms with Crippen molar-refractivity contribution >= 4 is 17.4 Å². The van der Waals surface area contributed by atoms with Crippen molar-refractivity contribution in [3.63, 3.8) is 0 Å². The van der Waals surface area contributed by atoms with Crippen LogP contribution in [-0.2, 0) is 4.79 Å². The Morgan fingerprint density at radius 2 is 2.21 bits per heavy atom. The molecular formula is C18H22N2O4. The molecule has 1 fully saturated rings. The standard InChI is InChI=1S/C18H22N2O4/c1-3-24-15-8-5-9-20-16(11(2)19-17(15)20)14(21)10-12-6-4-7-13(12)18(22)23/h5,8-9,12-13H,3-4,6-7,10H2,1-2H3,(H,22,23). The Bertz CT molecular complexity index is 781. The van der Waals surface area contributed by atoms with E-state index in [1.54, 1.807) is 17.5 Å². The number of imidazole rings is 1. The fourth-order valence-electron chi connectivity index (χ4n) is 3.70.